The van der Waals surface area contributed by atoms with Crippen LogP contribution >= 0.6 is 0 Å². The van der Waals surface area contributed by atoms with Gasteiger partial charge in [0.05, 0.1) is 0 Å². The molecule has 0 aliphatic heterocycles. The summed E-state index contributed by atoms with van der Waals surface area (Å²) in [6, 6.07) is 3.55. The molecule has 1 nitrogen and oxygen atoms in total. The van der Waals surface area contributed by atoms with E-state index in [1.165, 1.54) is 18.2 Å². The van der Waals surface area contributed by atoms with Gasteiger partial charge >= 0.3 is 0 Å². The van der Waals surface area contributed by atoms with Crippen molar-refractivity contribution in [3.8, 4) is 0 Å². The fourth-order valence-electron chi connectivity index (χ4n) is 1.51. The minimum Gasteiger partial charge on any atom is -0.327 e. The van der Waals surface area contributed by atoms with Crippen LogP contribution < -0.4 is 5.73 Å². The van der Waals surface area contributed by atoms with E-state index < -0.39 is 11.6 Å². The Labute approximate surface area is 88.6 Å². The highest BCUT2D eigenvalue weighted by molar-refractivity contribution is 5.21. The van der Waals surface area contributed by atoms with Crippen molar-refractivity contribution in [2.45, 2.75) is 25.8 Å². The molecular weight excluding hydrogens is 196 g/mol. The Morgan fingerprint density at radius 3 is 2.40 bits per heavy atom. The Kier molecular flexibility index (Phi) is 3.97. The molecule has 1 unspecified atom stereocenters. The van der Waals surface area contributed by atoms with Crippen molar-refractivity contribution in [3.05, 3.63) is 47.5 Å². The maximum Gasteiger partial charge on any atom is 0.129 e. The highest BCUT2D eigenvalue weighted by Gasteiger charge is 2.12. The monoisotopic (exact) mass is 211 g/mol. The van der Waals surface area contributed by atoms with Crippen molar-refractivity contribution >= 4 is 0 Å². The first kappa shape index (κ1) is 11.9. The zero-order chi connectivity index (χ0) is 11.4. The Bertz CT molecular complexity index is 340. The van der Waals surface area contributed by atoms with Crippen molar-refractivity contribution in [2.24, 2.45) is 5.73 Å². The molecule has 0 heterocycles. The summed E-state index contributed by atoms with van der Waals surface area (Å²) >= 11 is 0. The summed E-state index contributed by atoms with van der Waals surface area (Å²) in [5, 5.41) is 0. The molecule has 1 rings (SSSR count). The van der Waals surface area contributed by atoms with Gasteiger partial charge < -0.3 is 5.73 Å². The number of hydrogen-bond acceptors (Lipinski definition) is 1. The average Bonchev–Trinajstić information content (AvgIpc) is 2.10. The summed E-state index contributed by atoms with van der Waals surface area (Å²) in [6.45, 7) is 5.56. The van der Waals surface area contributed by atoms with Crippen LogP contribution in [0.3, 0.4) is 0 Å². The molecule has 0 aliphatic carbocycles. The van der Waals surface area contributed by atoms with Gasteiger partial charge in [-0.15, -0.1) is 6.58 Å². The smallest absolute Gasteiger partial charge is 0.129 e. The van der Waals surface area contributed by atoms with E-state index in [9.17, 15) is 8.78 Å². The standard InChI is InChI=1S/C12H15F2N/c1-8(2)6-9(15)7-10-11(13)4-3-5-12(10)14/h3-5,9H,1,6-7,15H2,2H3. The van der Waals surface area contributed by atoms with E-state index in [1.807, 2.05) is 6.92 Å². The lowest BCUT2D eigenvalue weighted by atomic mass is 10.0. The van der Waals surface area contributed by atoms with Crippen molar-refractivity contribution in [3.63, 3.8) is 0 Å². The molecule has 15 heavy (non-hydrogen) atoms. The van der Waals surface area contributed by atoms with E-state index in [4.69, 9.17) is 5.73 Å². The molecule has 1 aromatic carbocycles. The summed E-state index contributed by atoms with van der Waals surface area (Å²) in [4.78, 5) is 0. The lowest BCUT2D eigenvalue weighted by molar-refractivity contribution is 0.533. The molecule has 0 saturated carbocycles. The number of benzene rings is 1. The minimum atomic E-state index is -0.535. The van der Waals surface area contributed by atoms with Gasteiger partial charge in [0, 0.05) is 11.6 Å². The van der Waals surface area contributed by atoms with Crippen molar-refractivity contribution in [1.82, 2.24) is 0 Å². The first-order chi connectivity index (χ1) is 7.00. The Balaban J connectivity index is 2.76. The molecular formula is C12H15F2N. The van der Waals surface area contributed by atoms with E-state index in [-0.39, 0.29) is 18.0 Å². The van der Waals surface area contributed by atoms with Gasteiger partial charge in [0.2, 0.25) is 0 Å². The lowest BCUT2D eigenvalue weighted by Crippen LogP contribution is -2.24. The molecule has 0 amide bonds. The largest absolute Gasteiger partial charge is 0.327 e. The second kappa shape index (κ2) is 5.03. The second-order valence-corrected chi connectivity index (χ2v) is 3.83. The van der Waals surface area contributed by atoms with Crippen LogP contribution in [0.25, 0.3) is 0 Å². The molecule has 0 saturated heterocycles. The van der Waals surface area contributed by atoms with Gasteiger partial charge in [-0.25, -0.2) is 8.78 Å². The van der Waals surface area contributed by atoms with Crippen LogP contribution in [0.2, 0.25) is 0 Å². The van der Waals surface area contributed by atoms with Gasteiger partial charge in [0.25, 0.3) is 0 Å². The predicted octanol–water partition coefficient (Wildman–Crippen LogP) is 2.80. The highest BCUT2D eigenvalue weighted by Crippen LogP contribution is 2.15. The predicted molar refractivity (Wildman–Crippen MR) is 57.5 cm³/mol. The van der Waals surface area contributed by atoms with Gasteiger partial charge in [-0.1, -0.05) is 11.6 Å². The van der Waals surface area contributed by atoms with Crippen molar-refractivity contribution in [1.29, 1.82) is 0 Å². The first-order valence-corrected chi connectivity index (χ1v) is 4.83. The quantitative estimate of drug-likeness (QED) is 0.761. The summed E-state index contributed by atoms with van der Waals surface area (Å²) in [6.07, 6.45) is 0.777. The fraction of sp³-hybridized carbons (Fsp3) is 0.333. The zero-order valence-corrected chi connectivity index (χ0v) is 8.76. The van der Waals surface area contributed by atoms with Crippen LogP contribution in [0.5, 0.6) is 0 Å². The van der Waals surface area contributed by atoms with Crippen LogP contribution in [0, 0.1) is 11.6 Å². The third-order valence-electron chi connectivity index (χ3n) is 2.14. The van der Waals surface area contributed by atoms with Crippen LogP contribution in [0.1, 0.15) is 18.9 Å². The maximum atomic E-state index is 13.2. The van der Waals surface area contributed by atoms with Crippen LogP contribution in [-0.4, -0.2) is 6.04 Å². The third kappa shape index (κ3) is 3.44. The van der Waals surface area contributed by atoms with Crippen molar-refractivity contribution in [2.75, 3.05) is 0 Å². The SMILES string of the molecule is C=C(C)CC(N)Cc1c(F)cccc1F. The lowest BCUT2D eigenvalue weighted by Gasteiger charge is -2.12. The molecule has 0 radical (unpaired) electrons. The van der Waals surface area contributed by atoms with Gasteiger partial charge in [0.1, 0.15) is 11.6 Å². The molecule has 82 valence electrons. The molecule has 0 bridgehead atoms. The number of nitrogens with two attached hydrogens (primary N) is 1. The molecule has 1 atom stereocenters. The Morgan fingerprint density at radius 1 is 1.40 bits per heavy atom. The van der Waals surface area contributed by atoms with Crippen LogP contribution in [0.15, 0.2) is 30.4 Å². The van der Waals surface area contributed by atoms with E-state index in [2.05, 4.69) is 6.58 Å². The molecule has 0 fully saturated rings. The maximum absolute atomic E-state index is 13.2. The van der Waals surface area contributed by atoms with E-state index >= 15 is 0 Å². The molecule has 1 aromatic rings. The molecule has 2 N–H and O–H groups in total. The summed E-state index contributed by atoms with van der Waals surface area (Å²) < 4.78 is 26.5. The number of hydrogen-bond donors (Lipinski definition) is 1. The number of halogens is 2. The summed E-state index contributed by atoms with van der Waals surface area (Å²) in [5.74, 6) is -1.07. The number of rotatable bonds is 4. The normalized spacial score (nSPS) is 12.5. The highest BCUT2D eigenvalue weighted by atomic mass is 19.1. The summed E-state index contributed by atoms with van der Waals surface area (Å²) in [7, 11) is 0. The van der Waals surface area contributed by atoms with Crippen molar-refractivity contribution < 1.29 is 8.78 Å². The van der Waals surface area contributed by atoms with Gasteiger partial charge in [-0.3, -0.25) is 0 Å². The van der Waals surface area contributed by atoms with Gasteiger partial charge in [0.15, 0.2) is 0 Å². The summed E-state index contributed by atoms with van der Waals surface area (Å²) in [5.41, 5.74) is 6.73. The van der Waals surface area contributed by atoms with Gasteiger partial charge in [-0.2, -0.15) is 0 Å². The molecule has 3 heteroatoms. The van der Waals surface area contributed by atoms with E-state index in [0.29, 0.717) is 6.42 Å². The van der Waals surface area contributed by atoms with Crippen LogP contribution in [-0.2, 0) is 6.42 Å². The first-order valence-electron chi connectivity index (χ1n) is 4.83. The molecule has 0 aliphatic rings. The fourth-order valence-corrected chi connectivity index (χ4v) is 1.51. The Morgan fingerprint density at radius 2 is 1.93 bits per heavy atom. The van der Waals surface area contributed by atoms with E-state index in [1.54, 1.807) is 0 Å². The topological polar surface area (TPSA) is 26.0 Å². The average molecular weight is 211 g/mol. The third-order valence-corrected chi connectivity index (χ3v) is 2.14. The second-order valence-electron chi connectivity index (χ2n) is 3.83. The van der Waals surface area contributed by atoms with E-state index in [0.717, 1.165) is 5.57 Å². The zero-order valence-electron chi connectivity index (χ0n) is 8.76. The Hall–Kier alpha value is -1.22. The minimum absolute atomic E-state index is 0.0613. The van der Waals surface area contributed by atoms with Crippen LogP contribution in [0.4, 0.5) is 8.78 Å². The molecule has 0 aromatic heterocycles. The van der Waals surface area contributed by atoms with Gasteiger partial charge in [-0.05, 0) is 31.9 Å². The molecule has 0 spiro atoms.